The number of hydrogen-bond acceptors (Lipinski definition) is 3. The maximum absolute atomic E-state index is 5.41. The van der Waals surface area contributed by atoms with E-state index in [2.05, 4.69) is 12.2 Å². The first-order chi connectivity index (χ1) is 6.77. The molecule has 0 amide bonds. The summed E-state index contributed by atoms with van der Waals surface area (Å²) >= 11 is 0. The Balaban J connectivity index is 2.57. The predicted octanol–water partition coefficient (Wildman–Crippen LogP) is 2.28. The first-order valence-corrected chi connectivity index (χ1v) is 5.14. The second-order valence-corrected chi connectivity index (χ2v) is 3.26. The standard InChI is InChI=1S/C11H19NO2/c1-4-12-11(8-13-5-2)10-6-9(3)14-7-10/h6-7,11-12H,4-5,8H2,1-3H3. The first kappa shape index (κ1) is 11.3. The van der Waals surface area contributed by atoms with Crippen molar-refractivity contribution in [2.75, 3.05) is 19.8 Å². The fourth-order valence-electron chi connectivity index (χ4n) is 1.40. The minimum absolute atomic E-state index is 0.248. The molecular weight excluding hydrogens is 178 g/mol. The quantitative estimate of drug-likeness (QED) is 0.759. The van der Waals surface area contributed by atoms with E-state index in [1.165, 1.54) is 0 Å². The Morgan fingerprint density at radius 2 is 2.29 bits per heavy atom. The van der Waals surface area contributed by atoms with Gasteiger partial charge in [0.1, 0.15) is 5.76 Å². The van der Waals surface area contributed by atoms with E-state index in [4.69, 9.17) is 9.15 Å². The molecule has 0 saturated carbocycles. The largest absolute Gasteiger partial charge is 0.469 e. The molecule has 0 saturated heterocycles. The number of nitrogens with one attached hydrogen (secondary N) is 1. The second kappa shape index (κ2) is 5.83. The van der Waals surface area contributed by atoms with Gasteiger partial charge >= 0.3 is 0 Å². The molecule has 1 rings (SSSR count). The minimum Gasteiger partial charge on any atom is -0.469 e. The average Bonchev–Trinajstić information content (AvgIpc) is 2.59. The van der Waals surface area contributed by atoms with E-state index < -0.39 is 0 Å². The summed E-state index contributed by atoms with van der Waals surface area (Å²) in [5.41, 5.74) is 1.16. The molecule has 14 heavy (non-hydrogen) atoms. The molecule has 1 aromatic heterocycles. The number of likely N-dealkylation sites (N-methyl/N-ethyl adjacent to an activating group) is 1. The van der Waals surface area contributed by atoms with Crippen LogP contribution in [-0.2, 0) is 4.74 Å². The van der Waals surface area contributed by atoms with E-state index in [9.17, 15) is 0 Å². The number of aryl methyl sites for hydroxylation is 1. The fraction of sp³-hybridized carbons (Fsp3) is 0.636. The Morgan fingerprint density at radius 1 is 1.50 bits per heavy atom. The van der Waals surface area contributed by atoms with E-state index in [0.717, 1.165) is 24.5 Å². The molecule has 3 nitrogen and oxygen atoms in total. The molecule has 0 radical (unpaired) electrons. The molecule has 0 fully saturated rings. The molecule has 0 bridgehead atoms. The van der Waals surface area contributed by atoms with Gasteiger partial charge < -0.3 is 14.5 Å². The summed E-state index contributed by atoms with van der Waals surface area (Å²) in [6, 6.07) is 2.30. The van der Waals surface area contributed by atoms with Gasteiger partial charge in [0.25, 0.3) is 0 Å². The highest BCUT2D eigenvalue weighted by Gasteiger charge is 2.12. The van der Waals surface area contributed by atoms with E-state index in [-0.39, 0.29) is 6.04 Å². The fourth-order valence-corrected chi connectivity index (χ4v) is 1.40. The Morgan fingerprint density at radius 3 is 2.79 bits per heavy atom. The van der Waals surface area contributed by atoms with Crippen LogP contribution in [0.15, 0.2) is 16.7 Å². The molecule has 0 aliphatic rings. The van der Waals surface area contributed by atoms with Gasteiger partial charge in [0.15, 0.2) is 0 Å². The third-order valence-electron chi connectivity index (χ3n) is 2.09. The number of ether oxygens (including phenoxy) is 1. The van der Waals surface area contributed by atoms with Gasteiger partial charge in [0.2, 0.25) is 0 Å². The normalized spacial score (nSPS) is 13.1. The third kappa shape index (κ3) is 3.16. The van der Waals surface area contributed by atoms with Crippen LogP contribution in [0.2, 0.25) is 0 Å². The highest BCUT2D eigenvalue weighted by atomic mass is 16.5. The van der Waals surface area contributed by atoms with Crippen LogP contribution in [0.4, 0.5) is 0 Å². The average molecular weight is 197 g/mol. The van der Waals surface area contributed by atoms with Crippen molar-refractivity contribution in [2.45, 2.75) is 26.8 Å². The lowest BCUT2D eigenvalue weighted by molar-refractivity contribution is 0.123. The number of furan rings is 1. The first-order valence-electron chi connectivity index (χ1n) is 5.14. The summed E-state index contributed by atoms with van der Waals surface area (Å²) in [4.78, 5) is 0. The van der Waals surface area contributed by atoms with Gasteiger partial charge in [-0.3, -0.25) is 0 Å². The Bertz CT molecular complexity index is 258. The van der Waals surface area contributed by atoms with Crippen LogP contribution in [-0.4, -0.2) is 19.8 Å². The van der Waals surface area contributed by atoms with Crippen LogP contribution in [0.5, 0.6) is 0 Å². The summed E-state index contributed by atoms with van der Waals surface area (Å²) in [5, 5.41) is 3.36. The van der Waals surface area contributed by atoms with Crippen molar-refractivity contribution >= 4 is 0 Å². The molecule has 0 aromatic carbocycles. The SMILES string of the molecule is CCNC(COCC)c1coc(C)c1. The maximum atomic E-state index is 5.41. The van der Waals surface area contributed by atoms with Crippen LogP contribution in [0.3, 0.4) is 0 Å². The van der Waals surface area contributed by atoms with Crippen molar-refractivity contribution in [3.8, 4) is 0 Å². The van der Waals surface area contributed by atoms with Crippen molar-refractivity contribution in [2.24, 2.45) is 0 Å². The van der Waals surface area contributed by atoms with E-state index in [0.29, 0.717) is 6.61 Å². The highest BCUT2D eigenvalue weighted by Crippen LogP contribution is 2.16. The lowest BCUT2D eigenvalue weighted by atomic mass is 10.1. The predicted molar refractivity (Wildman–Crippen MR) is 56.4 cm³/mol. The summed E-state index contributed by atoms with van der Waals surface area (Å²) in [6.07, 6.45) is 1.79. The minimum atomic E-state index is 0.248. The third-order valence-corrected chi connectivity index (χ3v) is 2.09. The molecule has 0 spiro atoms. The monoisotopic (exact) mass is 197 g/mol. The Kier molecular flexibility index (Phi) is 4.70. The lowest BCUT2D eigenvalue weighted by Crippen LogP contribution is -2.24. The van der Waals surface area contributed by atoms with Crippen LogP contribution < -0.4 is 5.32 Å². The van der Waals surface area contributed by atoms with E-state index in [1.54, 1.807) is 6.26 Å². The molecule has 1 N–H and O–H groups in total. The van der Waals surface area contributed by atoms with Gasteiger partial charge in [-0.05, 0) is 26.5 Å². The molecule has 0 aliphatic carbocycles. The summed E-state index contributed by atoms with van der Waals surface area (Å²) < 4.78 is 10.7. The van der Waals surface area contributed by atoms with Gasteiger partial charge in [-0.1, -0.05) is 6.92 Å². The zero-order chi connectivity index (χ0) is 10.4. The molecule has 1 atom stereocenters. The van der Waals surface area contributed by atoms with E-state index in [1.807, 2.05) is 19.9 Å². The smallest absolute Gasteiger partial charge is 0.101 e. The van der Waals surface area contributed by atoms with Crippen LogP contribution in [0.25, 0.3) is 0 Å². The topological polar surface area (TPSA) is 34.4 Å². The summed E-state index contributed by atoms with van der Waals surface area (Å²) in [5.74, 6) is 0.944. The molecule has 3 heteroatoms. The molecule has 1 unspecified atom stereocenters. The molecule has 1 heterocycles. The molecule has 80 valence electrons. The van der Waals surface area contributed by atoms with Crippen molar-refractivity contribution in [1.82, 2.24) is 5.32 Å². The second-order valence-electron chi connectivity index (χ2n) is 3.26. The zero-order valence-corrected chi connectivity index (χ0v) is 9.17. The Labute approximate surface area is 85.4 Å². The highest BCUT2D eigenvalue weighted by molar-refractivity contribution is 5.16. The van der Waals surface area contributed by atoms with Gasteiger partial charge in [0.05, 0.1) is 18.9 Å². The number of rotatable bonds is 6. The molecule has 0 aliphatic heterocycles. The van der Waals surface area contributed by atoms with Crippen LogP contribution >= 0.6 is 0 Å². The van der Waals surface area contributed by atoms with Gasteiger partial charge in [-0.2, -0.15) is 0 Å². The zero-order valence-electron chi connectivity index (χ0n) is 9.17. The van der Waals surface area contributed by atoms with Gasteiger partial charge in [-0.25, -0.2) is 0 Å². The van der Waals surface area contributed by atoms with Crippen molar-refractivity contribution in [1.29, 1.82) is 0 Å². The van der Waals surface area contributed by atoms with Crippen molar-refractivity contribution in [3.63, 3.8) is 0 Å². The summed E-state index contributed by atoms with van der Waals surface area (Å²) in [6.45, 7) is 8.42. The van der Waals surface area contributed by atoms with Crippen molar-refractivity contribution < 1.29 is 9.15 Å². The summed E-state index contributed by atoms with van der Waals surface area (Å²) in [7, 11) is 0. The molecule has 1 aromatic rings. The maximum Gasteiger partial charge on any atom is 0.101 e. The van der Waals surface area contributed by atoms with Crippen LogP contribution in [0.1, 0.15) is 31.2 Å². The number of hydrogen-bond donors (Lipinski definition) is 1. The van der Waals surface area contributed by atoms with Gasteiger partial charge in [-0.15, -0.1) is 0 Å². The van der Waals surface area contributed by atoms with Crippen molar-refractivity contribution in [3.05, 3.63) is 23.7 Å². The Hall–Kier alpha value is -0.800. The molecular formula is C11H19NO2. The van der Waals surface area contributed by atoms with Gasteiger partial charge in [0, 0.05) is 12.2 Å². The van der Waals surface area contributed by atoms with E-state index >= 15 is 0 Å². The lowest BCUT2D eigenvalue weighted by Gasteiger charge is -2.15. The van der Waals surface area contributed by atoms with Crippen LogP contribution in [0, 0.1) is 6.92 Å².